The van der Waals surface area contributed by atoms with Crippen LogP contribution in [-0.2, 0) is 0 Å². The number of nitrogens with one attached hydrogen (secondary N) is 1. The van der Waals surface area contributed by atoms with Crippen molar-refractivity contribution in [2.24, 2.45) is 23.7 Å². The molecular weight excluding hydrogens is 242 g/mol. The van der Waals surface area contributed by atoms with Crippen molar-refractivity contribution in [1.82, 2.24) is 5.32 Å². The molecule has 1 aromatic heterocycles. The maximum Gasteiger partial charge on any atom is 0.252 e. The summed E-state index contributed by atoms with van der Waals surface area (Å²) in [4.78, 5) is 12.1. The van der Waals surface area contributed by atoms with E-state index in [0.29, 0.717) is 6.04 Å². The number of carbonyl (C=O) groups excluding carboxylic acids is 1. The highest BCUT2D eigenvalue weighted by Gasteiger charge is 2.53. The van der Waals surface area contributed by atoms with E-state index in [2.05, 4.69) is 5.32 Å². The van der Waals surface area contributed by atoms with Crippen LogP contribution in [0.3, 0.4) is 0 Å². The molecule has 0 aromatic carbocycles. The normalized spacial score (nSPS) is 41.0. The van der Waals surface area contributed by atoms with Crippen LogP contribution in [0.5, 0.6) is 0 Å². The predicted octanol–water partition coefficient (Wildman–Crippen LogP) is 3.30. The highest BCUT2D eigenvalue weighted by atomic mass is 32.1. The van der Waals surface area contributed by atoms with Crippen LogP contribution in [0.25, 0.3) is 0 Å². The third-order valence-corrected chi connectivity index (χ3v) is 6.21. The van der Waals surface area contributed by atoms with E-state index >= 15 is 0 Å². The van der Waals surface area contributed by atoms with Crippen LogP contribution in [0, 0.1) is 23.7 Å². The zero-order valence-electron chi connectivity index (χ0n) is 10.5. The van der Waals surface area contributed by atoms with Crippen LogP contribution in [-0.4, -0.2) is 11.9 Å². The molecule has 3 heteroatoms. The van der Waals surface area contributed by atoms with Gasteiger partial charge in [-0.3, -0.25) is 4.79 Å². The predicted molar refractivity (Wildman–Crippen MR) is 72.6 cm³/mol. The van der Waals surface area contributed by atoms with E-state index in [1.54, 1.807) is 11.3 Å². The minimum absolute atomic E-state index is 0.142. The molecule has 18 heavy (non-hydrogen) atoms. The fourth-order valence-electron chi connectivity index (χ4n) is 4.88. The fourth-order valence-corrected chi connectivity index (χ4v) is 5.52. The summed E-state index contributed by atoms with van der Waals surface area (Å²) in [6, 6.07) is 2.38. The molecule has 2 nitrogen and oxygen atoms in total. The number of fused-ring (bicyclic) bond motifs is 5. The molecule has 3 aliphatic carbocycles. The molecule has 5 unspecified atom stereocenters. The summed E-state index contributed by atoms with van der Waals surface area (Å²) in [5.74, 6) is 3.77. The Morgan fingerprint density at radius 2 is 2.11 bits per heavy atom. The van der Waals surface area contributed by atoms with Crippen molar-refractivity contribution < 1.29 is 4.79 Å². The first-order chi connectivity index (χ1) is 8.83. The molecule has 0 radical (unpaired) electrons. The summed E-state index contributed by atoms with van der Waals surface area (Å²) >= 11 is 1.60. The van der Waals surface area contributed by atoms with Crippen molar-refractivity contribution in [2.45, 2.75) is 38.1 Å². The number of hydrogen-bond acceptors (Lipinski definition) is 2. The van der Waals surface area contributed by atoms with E-state index in [1.807, 2.05) is 16.8 Å². The van der Waals surface area contributed by atoms with Gasteiger partial charge in [0, 0.05) is 17.0 Å². The molecular formula is C15H19NOS. The second kappa shape index (κ2) is 4.09. The van der Waals surface area contributed by atoms with Crippen molar-refractivity contribution in [2.75, 3.05) is 0 Å². The standard InChI is InChI=1S/C15H19NOS/c17-15(9-4-5-18-8-9)16-14-7-10-6-13(14)12-3-1-2-11(10)12/h4-5,8,10-14H,1-3,6-7H2,(H,16,17). The molecule has 3 fully saturated rings. The molecule has 1 heterocycles. The lowest BCUT2D eigenvalue weighted by Crippen LogP contribution is -2.42. The van der Waals surface area contributed by atoms with E-state index in [1.165, 1.54) is 32.1 Å². The Kier molecular flexibility index (Phi) is 2.51. The maximum atomic E-state index is 12.1. The minimum atomic E-state index is 0.142. The van der Waals surface area contributed by atoms with Gasteiger partial charge in [0.1, 0.15) is 0 Å². The van der Waals surface area contributed by atoms with Crippen LogP contribution in [0.4, 0.5) is 0 Å². The van der Waals surface area contributed by atoms with Gasteiger partial charge in [-0.05, 0) is 60.8 Å². The molecule has 2 bridgehead atoms. The van der Waals surface area contributed by atoms with Gasteiger partial charge in [0.25, 0.3) is 5.91 Å². The van der Waals surface area contributed by atoms with Gasteiger partial charge in [0.05, 0.1) is 0 Å². The molecule has 1 aromatic rings. The van der Waals surface area contributed by atoms with Gasteiger partial charge in [-0.1, -0.05) is 6.42 Å². The molecule has 0 spiro atoms. The van der Waals surface area contributed by atoms with Crippen LogP contribution < -0.4 is 5.32 Å². The summed E-state index contributed by atoms with van der Waals surface area (Å²) in [6.45, 7) is 0. The monoisotopic (exact) mass is 261 g/mol. The maximum absolute atomic E-state index is 12.1. The third kappa shape index (κ3) is 1.56. The quantitative estimate of drug-likeness (QED) is 0.869. The number of thiophene rings is 1. The lowest BCUT2D eigenvalue weighted by Gasteiger charge is -2.32. The summed E-state index contributed by atoms with van der Waals surface area (Å²) in [6.07, 6.45) is 6.91. The SMILES string of the molecule is O=C(NC1CC2CC1C1CCCC21)c1ccsc1. The van der Waals surface area contributed by atoms with E-state index < -0.39 is 0 Å². The molecule has 4 rings (SSSR count). The zero-order chi connectivity index (χ0) is 12.1. The third-order valence-electron chi connectivity index (χ3n) is 5.53. The second-order valence-electron chi connectivity index (χ2n) is 6.25. The van der Waals surface area contributed by atoms with E-state index in [9.17, 15) is 4.79 Å². The van der Waals surface area contributed by atoms with Gasteiger partial charge in [-0.25, -0.2) is 0 Å². The van der Waals surface area contributed by atoms with Gasteiger partial charge < -0.3 is 5.32 Å². The number of hydrogen-bond donors (Lipinski definition) is 1. The second-order valence-corrected chi connectivity index (χ2v) is 7.03. The average molecular weight is 261 g/mol. The zero-order valence-corrected chi connectivity index (χ0v) is 11.3. The van der Waals surface area contributed by atoms with Crippen molar-refractivity contribution >= 4 is 17.2 Å². The number of amides is 1. The Morgan fingerprint density at radius 3 is 2.94 bits per heavy atom. The Hall–Kier alpha value is -0.830. The minimum Gasteiger partial charge on any atom is -0.349 e. The molecule has 0 saturated heterocycles. The Bertz CT molecular complexity index is 455. The van der Waals surface area contributed by atoms with Crippen molar-refractivity contribution in [1.29, 1.82) is 0 Å². The highest BCUT2D eigenvalue weighted by Crippen LogP contribution is 2.58. The molecule has 3 aliphatic rings. The topological polar surface area (TPSA) is 29.1 Å². The Balaban J connectivity index is 1.47. The van der Waals surface area contributed by atoms with E-state index in [4.69, 9.17) is 0 Å². The number of rotatable bonds is 2. The van der Waals surface area contributed by atoms with Gasteiger partial charge in [0.2, 0.25) is 0 Å². The summed E-state index contributed by atoms with van der Waals surface area (Å²) in [7, 11) is 0. The van der Waals surface area contributed by atoms with E-state index in [-0.39, 0.29) is 5.91 Å². The first-order valence-electron chi connectivity index (χ1n) is 7.16. The smallest absolute Gasteiger partial charge is 0.252 e. The van der Waals surface area contributed by atoms with Crippen LogP contribution >= 0.6 is 11.3 Å². The molecule has 5 atom stereocenters. The highest BCUT2D eigenvalue weighted by molar-refractivity contribution is 7.08. The first-order valence-corrected chi connectivity index (χ1v) is 8.10. The number of carbonyl (C=O) groups is 1. The molecule has 1 N–H and O–H groups in total. The van der Waals surface area contributed by atoms with Crippen LogP contribution in [0.1, 0.15) is 42.5 Å². The van der Waals surface area contributed by atoms with Gasteiger partial charge in [0.15, 0.2) is 0 Å². The fraction of sp³-hybridized carbons (Fsp3) is 0.667. The van der Waals surface area contributed by atoms with Crippen LogP contribution in [0.15, 0.2) is 16.8 Å². The van der Waals surface area contributed by atoms with Gasteiger partial charge in [-0.2, -0.15) is 11.3 Å². The lowest BCUT2D eigenvalue weighted by molar-refractivity contribution is 0.0901. The molecule has 0 aliphatic heterocycles. The lowest BCUT2D eigenvalue weighted by atomic mass is 9.79. The van der Waals surface area contributed by atoms with Crippen LogP contribution in [0.2, 0.25) is 0 Å². The summed E-state index contributed by atoms with van der Waals surface area (Å²) < 4.78 is 0. The first kappa shape index (κ1) is 11.0. The largest absolute Gasteiger partial charge is 0.349 e. The average Bonchev–Trinajstić information content (AvgIpc) is 3.11. The molecule has 96 valence electrons. The van der Waals surface area contributed by atoms with Crippen molar-refractivity contribution in [3.05, 3.63) is 22.4 Å². The summed E-state index contributed by atoms with van der Waals surface area (Å²) in [5, 5.41) is 7.21. The Morgan fingerprint density at radius 1 is 1.22 bits per heavy atom. The molecule has 3 saturated carbocycles. The van der Waals surface area contributed by atoms with Gasteiger partial charge in [-0.15, -0.1) is 0 Å². The summed E-state index contributed by atoms with van der Waals surface area (Å²) in [5.41, 5.74) is 0.839. The Labute approximate surface area is 112 Å². The van der Waals surface area contributed by atoms with Crippen molar-refractivity contribution in [3.8, 4) is 0 Å². The van der Waals surface area contributed by atoms with Gasteiger partial charge >= 0.3 is 0 Å². The van der Waals surface area contributed by atoms with E-state index in [0.717, 1.165) is 29.2 Å². The van der Waals surface area contributed by atoms with Crippen molar-refractivity contribution in [3.63, 3.8) is 0 Å². The molecule has 1 amide bonds.